The number of likely N-dealkylation sites (tertiary alicyclic amines) is 1. The molecule has 116 valence electrons. The molecule has 0 aliphatic carbocycles. The van der Waals surface area contributed by atoms with E-state index in [2.05, 4.69) is 5.32 Å². The predicted octanol–water partition coefficient (Wildman–Crippen LogP) is 2.95. The van der Waals surface area contributed by atoms with Crippen LogP contribution in [0.4, 0.5) is 9.18 Å². The minimum absolute atomic E-state index is 0.163. The molecule has 1 aromatic rings. The number of benzene rings is 1. The van der Waals surface area contributed by atoms with Crippen LogP contribution in [0.5, 0.6) is 0 Å². The Hall–Kier alpha value is -1.33. The number of halogens is 2. The Kier molecular flexibility index (Phi) is 5.42. The summed E-state index contributed by atoms with van der Waals surface area (Å²) in [7, 11) is 0. The third-order valence-corrected chi connectivity index (χ3v) is 4.26. The Bertz CT molecular complexity index is 484. The van der Waals surface area contributed by atoms with Crippen molar-refractivity contribution in [3.8, 4) is 0 Å². The molecule has 0 bridgehead atoms. The van der Waals surface area contributed by atoms with Gasteiger partial charge in [0, 0.05) is 30.3 Å². The molecule has 1 fully saturated rings. The number of amides is 2. The summed E-state index contributed by atoms with van der Waals surface area (Å²) < 4.78 is 13.8. The smallest absolute Gasteiger partial charge is 0.317 e. The van der Waals surface area contributed by atoms with E-state index in [0.29, 0.717) is 23.7 Å². The molecule has 0 radical (unpaired) electrons. The van der Waals surface area contributed by atoms with E-state index in [4.69, 9.17) is 16.7 Å². The van der Waals surface area contributed by atoms with Crippen LogP contribution in [0.1, 0.15) is 31.4 Å². The highest BCUT2D eigenvalue weighted by Gasteiger charge is 2.24. The fourth-order valence-corrected chi connectivity index (χ4v) is 2.92. The number of urea groups is 1. The molecule has 1 unspecified atom stereocenters. The molecule has 1 aliphatic rings. The van der Waals surface area contributed by atoms with Gasteiger partial charge in [-0.25, -0.2) is 9.18 Å². The van der Waals surface area contributed by atoms with Crippen LogP contribution < -0.4 is 5.32 Å². The van der Waals surface area contributed by atoms with E-state index >= 15 is 0 Å². The zero-order chi connectivity index (χ0) is 15.4. The van der Waals surface area contributed by atoms with Gasteiger partial charge in [-0.15, -0.1) is 0 Å². The van der Waals surface area contributed by atoms with Gasteiger partial charge in [0.2, 0.25) is 0 Å². The van der Waals surface area contributed by atoms with Gasteiger partial charge in [0.05, 0.1) is 6.04 Å². The Morgan fingerprint density at radius 1 is 1.52 bits per heavy atom. The lowest BCUT2D eigenvalue weighted by Gasteiger charge is -2.32. The Morgan fingerprint density at radius 2 is 2.19 bits per heavy atom. The monoisotopic (exact) mass is 314 g/mol. The number of piperidine rings is 1. The number of nitrogens with one attached hydrogen (secondary N) is 1. The van der Waals surface area contributed by atoms with Gasteiger partial charge in [-0.1, -0.05) is 17.7 Å². The topological polar surface area (TPSA) is 52.6 Å². The highest BCUT2D eigenvalue weighted by Crippen LogP contribution is 2.26. The summed E-state index contributed by atoms with van der Waals surface area (Å²) in [6, 6.07) is 3.75. The first-order valence-electron chi connectivity index (χ1n) is 7.13. The fraction of sp³-hybridized carbons (Fsp3) is 0.533. The van der Waals surface area contributed by atoms with Crippen LogP contribution in [-0.4, -0.2) is 35.7 Å². The van der Waals surface area contributed by atoms with Crippen LogP contribution in [0.2, 0.25) is 5.02 Å². The van der Waals surface area contributed by atoms with Gasteiger partial charge in [-0.05, 0) is 37.8 Å². The maximum absolute atomic E-state index is 13.8. The maximum Gasteiger partial charge on any atom is 0.317 e. The van der Waals surface area contributed by atoms with Gasteiger partial charge in [0.25, 0.3) is 0 Å². The quantitative estimate of drug-likeness (QED) is 0.901. The summed E-state index contributed by atoms with van der Waals surface area (Å²) in [5, 5.41) is 12.2. The van der Waals surface area contributed by atoms with Crippen LogP contribution in [-0.2, 0) is 0 Å². The van der Waals surface area contributed by atoms with Gasteiger partial charge in [-0.2, -0.15) is 0 Å². The van der Waals surface area contributed by atoms with Crippen molar-refractivity contribution in [1.29, 1.82) is 0 Å². The molecule has 1 saturated heterocycles. The summed E-state index contributed by atoms with van der Waals surface area (Å²) in [4.78, 5) is 13.9. The minimum Gasteiger partial charge on any atom is -0.396 e. The van der Waals surface area contributed by atoms with E-state index in [0.717, 1.165) is 12.8 Å². The van der Waals surface area contributed by atoms with Crippen molar-refractivity contribution < 1.29 is 14.3 Å². The molecule has 0 saturated carbocycles. The molecule has 2 N–H and O–H groups in total. The summed E-state index contributed by atoms with van der Waals surface area (Å²) >= 11 is 6.00. The Labute approximate surface area is 128 Å². The Balaban J connectivity index is 1.97. The predicted molar refractivity (Wildman–Crippen MR) is 79.7 cm³/mol. The fourth-order valence-electron chi connectivity index (χ4n) is 2.59. The number of carbonyl (C=O) groups excluding carboxylic acids is 1. The van der Waals surface area contributed by atoms with E-state index in [1.807, 2.05) is 0 Å². The van der Waals surface area contributed by atoms with Crippen LogP contribution in [0, 0.1) is 11.7 Å². The summed E-state index contributed by atoms with van der Waals surface area (Å²) in [5.74, 6) is -0.151. The molecule has 4 nitrogen and oxygen atoms in total. The number of hydrogen-bond acceptors (Lipinski definition) is 2. The van der Waals surface area contributed by atoms with Crippen molar-refractivity contribution in [2.75, 3.05) is 19.7 Å². The molecule has 2 amide bonds. The number of aliphatic hydroxyl groups excluding tert-OH is 1. The molecule has 1 aliphatic heterocycles. The van der Waals surface area contributed by atoms with Crippen molar-refractivity contribution in [1.82, 2.24) is 10.2 Å². The average Bonchev–Trinajstić information content (AvgIpc) is 2.47. The number of hydrogen-bond donors (Lipinski definition) is 2. The summed E-state index contributed by atoms with van der Waals surface area (Å²) in [6.07, 6.45) is 1.58. The summed E-state index contributed by atoms with van der Waals surface area (Å²) in [6.45, 7) is 3.09. The lowest BCUT2D eigenvalue weighted by molar-refractivity contribution is 0.136. The SMILES string of the molecule is CC(NC(=O)N1CCC(CO)CC1)c1c(F)cccc1Cl. The number of nitrogens with zero attached hydrogens (tertiary/aromatic N) is 1. The second kappa shape index (κ2) is 7.09. The number of rotatable bonds is 3. The van der Waals surface area contributed by atoms with E-state index < -0.39 is 11.9 Å². The molecule has 6 heteroatoms. The second-order valence-corrected chi connectivity index (χ2v) is 5.83. The molecule has 21 heavy (non-hydrogen) atoms. The average molecular weight is 315 g/mol. The highest BCUT2D eigenvalue weighted by molar-refractivity contribution is 6.31. The standard InChI is InChI=1S/C15H20ClFN2O2/c1-10(14-12(16)3-2-4-13(14)17)18-15(21)19-7-5-11(9-20)6-8-19/h2-4,10-11,20H,5-9H2,1H3,(H,18,21). The molecule has 1 heterocycles. The van der Waals surface area contributed by atoms with Gasteiger partial charge in [-0.3, -0.25) is 0 Å². The molecular weight excluding hydrogens is 295 g/mol. The maximum atomic E-state index is 13.8. The first kappa shape index (κ1) is 16.0. The number of aliphatic hydroxyl groups is 1. The molecule has 0 aromatic heterocycles. The van der Waals surface area contributed by atoms with Gasteiger partial charge < -0.3 is 15.3 Å². The minimum atomic E-state index is -0.498. The Morgan fingerprint density at radius 3 is 2.76 bits per heavy atom. The molecule has 1 atom stereocenters. The van der Waals surface area contributed by atoms with Gasteiger partial charge in [0.1, 0.15) is 5.82 Å². The third-order valence-electron chi connectivity index (χ3n) is 3.93. The molecule has 2 rings (SSSR count). The van der Waals surface area contributed by atoms with Crippen molar-refractivity contribution in [3.05, 3.63) is 34.6 Å². The normalized spacial score (nSPS) is 17.6. The molecule has 1 aromatic carbocycles. The van der Waals surface area contributed by atoms with Gasteiger partial charge >= 0.3 is 6.03 Å². The lowest BCUT2D eigenvalue weighted by Crippen LogP contribution is -2.45. The zero-order valence-electron chi connectivity index (χ0n) is 12.0. The first-order chi connectivity index (χ1) is 10.0. The van der Waals surface area contributed by atoms with Crippen molar-refractivity contribution >= 4 is 17.6 Å². The van der Waals surface area contributed by atoms with Gasteiger partial charge in [0.15, 0.2) is 0 Å². The third kappa shape index (κ3) is 3.86. The highest BCUT2D eigenvalue weighted by atomic mass is 35.5. The largest absolute Gasteiger partial charge is 0.396 e. The number of carbonyl (C=O) groups is 1. The van der Waals surface area contributed by atoms with Crippen LogP contribution in [0.3, 0.4) is 0 Å². The second-order valence-electron chi connectivity index (χ2n) is 5.42. The molecule has 0 spiro atoms. The van der Waals surface area contributed by atoms with E-state index in [1.165, 1.54) is 12.1 Å². The van der Waals surface area contributed by atoms with Crippen LogP contribution in [0.15, 0.2) is 18.2 Å². The van der Waals surface area contributed by atoms with Crippen molar-refractivity contribution in [2.24, 2.45) is 5.92 Å². The first-order valence-corrected chi connectivity index (χ1v) is 7.51. The van der Waals surface area contributed by atoms with E-state index in [9.17, 15) is 9.18 Å². The van der Waals surface area contributed by atoms with Crippen LogP contribution >= 0.6 is 11.6 Å². The molecular formula is C15H20ClFN2O2. The van der Waals surface area contributed by atoms with E-state index in [-0.39, 0.29) is 18.6 Å². The summed E-state index contributed by atoms with van der Waals surface area (Å²) in [5.41, 5.74) is 0.303. The van der Waals surface area contributed by atoms with Crippen molar-refractivity contribution in [2.45, 2.75) is 25.8 Å². The lowest BCUT2D eigenvalue weighted by atomic mass is 9.98. The van der Waals surface area contributed by atoms with E-state index in [1.54, 1.807) is 17.9 Å². The van der Waals surface area contributed by atoms with Crippen molar-refractivity contribution in [3.63, 3.8) is 0 Å². The van der Waals surface area contributed by atoms with Crippen LogP contribution in [0.25, 0.3) is 0 Å². The zero-order valence-corrected chi connectivity index (χ0v) is 12.7.